The maximum Gasteiger partial charge on any atom is 0.290 e. The highest BCUT2D eigenvalue weighted by Crippen LogP contribution is 2.18. The van der Waals surface area contributed by atoms with Crippen LogP contribution >= 0.6 is 0 Å². The summed E-state index contributed by atoms with van der Waals surface area (Å²) < 4.78 is 0. The number of hydrogen-bond donors (Lipinski definition) is 2. The average molecular weight is 236 g/mol. The van der Waals surface area contributed by atoms with Gasteiger partial charge in [-0.25, -0.2) is 4.98 Å². The first kappa shape index (κ1) is 12.1. The average Bonchev–Trinajstić information content (AvgIpc) is 2.37. The molecule has 1 saturated heterocycles. The highest BCUT2D eigenvalue weighted by Gasteiger charge is 2.21. The second-order valence-corrected chi connectivity index (χ2v) is 4.50. The normalized spacial score (nSPS) is 20.5. The fraction of sp³-hybridized carbons (Fsp3) is 0.667. The summed E-state index contributed by atoms with van der Waals surface area (Å²) in [5.74, 6) is 1.18. The first-order chi connectivity index (χ1) is 8.31. The maximum absolute atomic E-state index is 11.7. The third-order valence-electron chi connectivity index (χ3n) is 3.19. The van der Waals surface area contributed by atoms with Gasteiger partial charge in [0.2, 0.25) is 0 Å². The molecular formula is C12H20N4O. The number of hydrogen-bond acceptors (Lipinski definition) is 4. The minimum Gasteiger partial charge on any atom is -0.352 e. The molecule has 1 atom stereocenters. The minimum absolute atomic E-state index is 0.0865. The zero-order chi connectivity index (χ0) is 12.1. The van der Waals surface area contributed by atoms with Gasteiger partial charge in [0.25, 0.3) is 5.56 Å². The Balaban J connectivity index is 2.02. The van der Waals surface area contributed by atoms with E-state index in [9.17, 15) is 4.79 Å². The van der Waals surface area contributed by atoms with Crippen LogP contribution in [0.4, 0.5) is 5.82 Å². The molecule has 1 unspecified atom stereocenters. The van der Waals surface area contributed by atoms with Gasteiger partial charge in [-0.2, -0.15) is 0 Å². The van der Waals surface area contributed by atoms with Gasteiger partial charge in [0, 0.05) is 25.5 Å². The summed E-state index contributed by atoms with van der Waals surface area (Å²) >= 11 is 0. The van der Waals surface area contributed by atoms with Crippen LogP contribution in [0, 0.1) is 5.92 Å². The van der Waals surface area contributed by atoms with Crippen LogP contribution in [0.3, 0.4) is 0 Å². The molecule has 1 aromatic heterocycles. The van der Waals surface area contributed by atoms with E-state index in [4.69, 9.17) is 0 Å². The first-order valence-corrected chi connectivity index (χ1v) is 6.30. The third kappa shape index (κ3) is 3.06. The zero-order valence-corrected chi connectivity index (χ0v) is 10.3. The molecule has 1 aliphatic heterocycles. The topological polar surface area (TPSA) is 61.0 Å². The largest absolute Gasteiger partial charge is 0.352 e. The van der Waals surface area contributed by atoms with Crippen LogP contribution in [-0.4, -0.2) is 36.1 Å². The second-order valence-electron chi connectivity index (χ2n) is 4.50. The van der Waals surface area contributed by atoms with Crippen LogP contribution in [0.25, 0.3) is 0 Å². The summed E-state index contributed by atoms with van der Waals surface area (Å²) in [5.41, 5.74) is -0.0865. The van der Waals surface area contributed by atoms with Gasteiger partial charge in [-0.05, 0) is 31.8 Å². The van der Waals surface area contributed by atoms with Crippen LogP contribution in [0.2, 0.25) is 0 Å². The molecule has 0 bridgehead atoms. The second kappa shape index (κ2) is 5.82. The van der Waals surface area contributed by atoms with Crippen molar-refractivity contribution in [2.75, 3.05) is 31.1 Å². The van der Waals surface area contributed by atoms with Gasteiger partial charge in [0.1, 0.15) is 0 Å². The standard InChI is InChI=1S/C12H20N4O/c1-2-13-8-10-4-3-7-16(9-10)11-12(17)15-6-5-14-11/h5-6,10,13H,2-4,7-9H2,1H3,(H,15,17). The van der Waals surface area contributed by atoms with Gasteiger partial charge >= 0.3 is 0 Å². The Morgan fingerprint density at radius 1 is 1.65 bits per heavy atom. The predicted molar refractivity (Wildman–Crippen MR) is 68.3 cm³/mol. The lowest BCUT2D eigenvalue weighted by atomic mass is 9.98. The summed E-state index contributed by atoms with van der Waals surface area (Å²) in [5, 5.41) is 3.37. The van der Waals surface area contributed by atoms with Crippen LogP contribution in [0.5, 0.6) is 0 Å². The summed E-state index contributed by atoms with van der Waals surface area (Å²) in [6, 6.07) is 0. The van der Waals surface area contributed by atoms with E-state index in [-0.39, 0.29) is 5.56 Å². The van der Waals surface area contributed by atoms with Crippen LogP contribution in [-0.2, 0) is 0 Å². The predicted octanol–water partition coefficient (Wildman–Crippen LogP) is 0.596. The van der Waals surface area contributed by atoms with Crippen LogP contribution < -0.4 is 15.8 Å². The van der Waals surface area contributed by atoms with E-state index >= 15 is 0 Å². The van der Waals surface area contributed by atoms with Crippen LogP contribution in [0.15, 0.2) is 17.2 Å². The summed E-state index contributed by atoms with van der Waals surface area (Å²) in [7, 11) is 0. The molecule has 0 amide bonds. The summed E-state index contributed by atoms with van der Waals surface area (Å²) in [6.07, 6.45) is 5.58. The Morgan fingerprint density at radius 3 is 3.29 bits per heavy atom. The molecule has 1 aliphatic rings. The molecule has 5 nitrogen and oxygen atoms in total. The van der Waals surface area contributed by atoms with Crippen molar-refractivity contribution >= 4 is 5.82 Å². The van der Waals surface area contributed by atoms with Crippen molar-refractivity contribution in [1.29, 1.82) is 0 Å². The number of nitrogens with one attached hydrogen (secondary N) is 2. The lowest BCUT2D eigenvalue weighted by Gasteiger charge is -2.33. The molecule has 0 aromatic carbocycles. The van der Waals surface area contributed by atoms with Gasteiger partial charge in [-0.3, -0.25) is 4.79 Å². The van der Waals surface area contributed by atoms with Gasteiger partial charge in [0.05, 0.1) is 0 Å². The van der Waals surface area contributed by atoms with Gasteiger partial charge in [-0.15, -0.1) is 0 Å². The lowest BCUT2D eigenvalue weighted by molar-refractivity contribution is 0.393. The van der Waals surface area contributed by atoms with E-state index in [1.54, 1.807) is 12.4 Å². The number of anilines is 1. The number of piperidine rings is 1. The van der Waals surface area contributed by atoms with Crippen molar-refractivity contribution in [3.63, 3.8) is 0 Å². The molecule has 17 heavy (non-hydrogen) atoms. The van der Waals surface area contributed by atoms with Crippen molar-refractivity contribution in [3.8, 4) is 0 Å². The highest BCUT2D eigenvalue weighted by atomic mass is 16.1. The molecule has 0 radical (unpaired) electrons. The van der Waals surface area contributed by atoms with Crippen molar-refractivity contribution < 1.29 is 0 Å². The molecule has 0 aliphatic carbocycles. The Bertz CT molecular complexity index is 403. The molecular weight excluding hydrogens is 216 g/mol. The Hall–Kier alpha value is -1.36. The van der Waals surface area contributed by atoms with E-state index in [0.29, 0.717) is 11.7 Å². The molecule has 2 heterocycles. The molecule has 0 saturated carbocycles. The minimum atomic E-state index is -0.0865. The summed E-state index contributed by atoms with van der Waals surface area (Å²) in [6.45, 7) is 6.00. The van der Waals surface area contributed by atoms with E-state index < -0.39 is 0 Å². The summed E-state index contributed by atoms with van der Waals surface area (Å²) in [4.78, 5) is 20.6. The number of aromatic nitrogens is 2. The van der Waals surface area contributed by atoms with Gasteiger partial charge in [-0.1, -0.05) is 6.92 Å². The van der Waals surface area contributed by atoms with Gasteiger partial charge in [0.15, 0.2) is 5.82 Å². The maximum atomic E-state index is 11.7. The van der Waals surface area contributed by atoms with Gasteiger partial charge < -0.3 is 15.2 Å². The fourth-order valence-corrected chi connectivity index (χ4v) is 2.34. The van der Waals surface area contributed by atoms with Crippen LogP contribution in [0.1, 0.15) is 19.8 Å². The zero-order valence-electron chi connectivity index (χ0n) is 10.3. The molecule has 5 heteroatoms. The Morgan fingerprint density at radius 2 is 2.53 bits per heavy atom. The molecule has 0 spiro atoms. The molecule has 1 fully saturated rings. The van der Waals surface area contributed by atoms with Crippen molar-refractivity contribution in [2.45, 2.75) is 19.8 Å². The van der Waals surface area contributed by atoms with Crippen molar-refractivity contribution in [3.05, 3.63) is 22.7 Å². The quantitative estimate of drug-likeness (QED) is 0.803. The number of nitrogens with zero attached hydrogens (tertiary/aromatic N) is 2. The monoisotopic (exact) mass is 236 g/mol. The van der Waals surface area contributed by atoms with E-state index in [2.05, 4.69) is 27.1 Å². The molecule has 1 aromatic rings. The smallest absolute Gasteiger partial charge is 0.290 e. The molecule has 94 valence electrons. The highest BCUT2D eigenvalue weighted by molar-refractivity contribution is 5.35. The Kier molecular flexibility index (Phi) is 4.14. The number of H-pyrrole nitrogens is 1. The first-order valence-electron chi connectivity index (χ1n) is 6.30. The molecule has 2 N–H and O–H groups in total. The number of aromatic amines is 1. The fourth-order valence-electron chi connectivity index (χ4n) is 2.34. The third-order valence-corrected chi connectivity index (χ3v) is 3.19. The molecule has 2 rings (SSSR count). The lowest BCUT2D eigenvalue weighted by Crippen LogP contribution is -2.42. The SMILES string of the molecule is CCNCC1CCCN(c2ncc[nH]c2=O)C1. The van der Waals surface area contributed by atoms with Crippen molar-refractivity contribution in [2.24, 2.45) is 5.92 Å². The van der Waals surface area contributed by atoms with E-state index in [1.807, 2.05) is 0 Å². The Labute approximate surface area is 101 Å². The van der Waals surface area contributed by atoms with E-state index in [0.717, 1.165) is 32.6 Å². The van der Waals surface area contributed by atoms with Crippen molar-refractivity contribution in [1.82, 2.24) is 15.3 Å². The van der Waals surface area contributed by atoms with E-state index in [1.165, 1.54) is 6.42 Å². The number of rotatable bonds is 4.